The molecule has 92 valence electrons. The van der Waals surface area contributed by atoms with E-state index in [1.165, 1.54) is 0 Å². The number of carbonyl (C=O) groups is 1. The van der Waals surface area contributed by atoms with Crippen molar-refractivity contribution in [2.45, 2.75) is 4.90 Å². The van der Waals surface area contributed by atoms with Crippen molar-refractivity contribution in [3.63, 3.8) is 0 Å². The number of nitrogens with one attached hydrogen (secondary N) is 1. The molecule has 3 nitrogen and oxygen atoms in total. The van der Waals surface area contributed by atoms with Crippen molar-refractivity contribution in [3.05, 3.63) is 28.8 Å². The Labute approximate surface area is 111 Å². The number of nitrogens with zero attached hydrogens (tertiary/aromatic N) is 1. The Morgan fingerprint density at radius 3 is 2.76 bits per heavy atom. The van der Waals surface area contributed by atoms with Gasteiger partial charge in [-0.3, -0.25) is 4.79 Å². The highest BCUT2D eigenvalue weighted by atomic mass is 35.5. The molecular formula is C12H15ClN2OS. The third-order valence-electron chi connectivity index (χ3n) is 2.80. The number of carbonyl (C=O) groups excluding carboxylic acids is 1. The first kappa shape index (κ1) is 12.7. The highest BCUT2D eigenvalue weighted by Crippen LogP contribution is 2.25. The van der Waals surface area contributed by atoms with E-state index in [1.54, 1.807) is 17.8 Å². The number of piperazine rings is 1. The first-order valence-corrected chi connectivity index (χ1v) is 7.16. The van der Waals surface area contributed by atoms with Crippen LogP contribution < -0.4 is 5.32 Å². The highest BCUT2D eigenvalue weighted by Gasteiger charge is 2.20. The molecule has 1 aliphatic rings. The maximum absolute atomic E-state index is 12.4. The van der Waals surface area contributed by atoms with Crippen LogP contribution in [0.3, 0.4) is 0 Å². The normalized spacial score (nSPS) is 16.0. The number of hydrogen-bond acceptors (Lipinski definition) is 3. The third kappa shape index (κ3) is 2.94. The lowest BCUT2D eigenvalue weighted by atomic mass is 10.2. The molecule has 1 aliphatic heterocycles. The van der Waals surface area contributed by atoms with Crippen LogP contribution in [0.1, 0.15) is 10.4 Å². The Morgan fingerprint density at radius 1 is 1.41 bits per heavy atom. The van der Waals surface area contributed by atoms with Crippen LogP contribution in [-0.2, 0) is 0 Å². The fourth-order valence-corrected chi connectivity index (χ4v) is 2.63. The lowest BCUT2D eigenvalue weighted by Crippen LogP contribution is -2.46. The number of amides is 1. The van der Waals surface area contributed by atoms with E-state index >= 15 is 0 Å². The summed E-state index contributed by atoms with van der Waals surface area (Å²) in [6.45, 7) is 3.25. The quantitative estimate of drug-likeness (QED) is 0.836. The third-order valence-corrected chi connectivity index (χ3v) is 3.83. The smallest absolute Gasteiger partial charge is 0.255 e. The molecule has 1 amide bonds. The van der Waals surface area contributed by atoms with Gasteiger partial charge in [0.2, 0.25) is 0 Å². The summed E-state index contributed by atoms with van der Waals surface area (Å²) < 4.78 is 0. The van der Waals surface area contributed by atoms with E-state index in [4.69, 9.17) is 11.6 Å². The average molecular weight is 271 g/mol. The monoisotopic (exact) mass is 270 g/mol. The molecule has 0 spiro atoms. The zero-order valence-corrected chi connectivity index (χ0v) is 11.3. The van der Waals surface area contributed by atoms with Crippen molar-refractivity contribution in [3.8, 4) is 0 Å². The molecule has 5 heteroatoms. The second-order valence-electron chi connectivity index (χ2n) is 3.89. The van der Waals surface area contributed by atoms with Gasteiger partial charge in [-0.2, -0.15) is 0 Å². The van der Waals surface area contributed by atoms with Crippen molar-refractivity contribution < 1.29 is 4.79 Å². The van der Waals surface area contributed by atoms with E-state index in [2.05, 4.69) is 5.32 Å². The minimum atomic E-state index is 0.0818. The second-order valence-corrected chi connectivity index (χ2v) is 5.17. The van der Waals surface area contributed by atoms with E-state index in [0.29, 0.717) is 10.6 Å². The van der Waals surface area contributed by atoms with Crippen LogP contribution in [0, 0.1) is 0 Å². The van der Waals surface area contributed by atoms with Gasteiger partial charge in [0.25, 0.3) is 5.91 Å². The Kier molecular flexibility index (Phi) is 4.31. The first-order chi connectivity index (χ1) is 8.22. The summed E-state index contributed by atoms with van der Waals surface area (Å²) in [6, 6.07) is 5.49. The number of rotatable bonds is 2. The van der Waals surface area contributed by atoms with E-state index < -0.39 is 0 Å². The summed E-state index contributed by atoms with van der Waals surface area (Å²) in [6.07, 6.45) is 1.97. The summed E-state index contributed by atoms with van der Waals surface area (Å²) in [5.74, 6) is 0.0818. The Hall–Kier alpha value is -0.710. The average Bonchev–Trinajstić information content (AvgIpc) is 2.39. The summed E-state index contributed by atoms with van der Waals surface area (Å²) in [7, 11) is 0. The number of benzene rings is 1. The zero-order valence-electron chi connectivity index (χ0n) is 9.70. The molecule has 17 heavy (non-hydrogen) atoms. The topological polar surface area (TPSA) is 32.3 Å². The van der Waals surface area contributed by atoms with Crippen molar-refractivity contribution in [1.29, 1.82) is 0 Å². The molecule has 2 rings (SSSR count). The van der Waals surface area contributed by atoms with Gasteiger partial charge in [-0.05, 0) is 24.5 Å². The van der Waals surface area contributed by atoms with Gasteiger partial charge >= 0.3 is 0 Å². The van der Waals surface area contributed by atoms with Gasteiger partial charge in [0.1, 0.15) is 0 Å². The summed E-state index contributed by atoms with van der Waals surface area (Å²) in [5.41, 5.74) is 0.715. The lowest BCUT2D eigenvalue weighted by molar-refractivity contribution is 0.0732. The van der Waals surface area contributed by atoms with Crippen molar-refractivity contribution in [2.24, 2.45) is 0 Å². The highest BCUT2D eigenvalue weighted by molar-refractivity contribution is 7.98. The van der Waals surface area contributed by atoms with Crippen LogP contribution in [0.25, 0.3) is 0 Å². The Balaban J connectivity index is 2.25. The Morgan fingerprint density at radius 2 is 2.12 bits per heavy atom. The first-order valence-electron chi connectivity index (χ1n) is 5.56. The van der Waals surface area contributed by atoms with Gasteiger partial charge in [0.05, 0.1) is 5.56 Å². The van der Waals surface area contributed by atoms with Crippen LogP contribution in [0.5, 0.6) is 0 Å². The van der Waals surface area contributed by atoms with E-state index in [9.17, 15) is 4.79 Å². The van der Waals surface area contributed by atoms with Crippen LogP contribution >= 0.6 is 23.4 Å². The van der Waals surface area contributed by atoms with Gasteiger partial charge in [-0.15, -0.1) is 11.8 Å². The van der Waals surface area contributed by atoms with E-state index in [1.807, 2.05) is 23.3 Å². The largest absolute Gasteiger partial charge is 0.336 e. The fraction of sp³-hybridized carbons (Fsp3) is 0.417. The number of thioether (sulfide) groups is 1. The molecule has 1 N–H and O–H groups in total. The van der Waals surface area contributed by atoms with Gasteiger partial charge in [-0.1, -0.05) is 11.6 Å². The maximum atomic E-state index is 12.4. The van der Waals surface area contributed by atoms with E-state index in [-0.39, 0.29) is 5.91 Å². The fourth-order valence-electron chi connectivity index (χ4n) is 1.89. The minimum absolute atomic E-state index is 0.0818. The summed E-state index contributed by atoms with van der Waals surface area (Å²) in [4.78, 5) is 15.2. The minimum Gasteiger partial charge on any atom is -0.336 e. The SMILES string of the molecule is CSc1ccc(Cl)cc1C(=O)N1CCNCC1. The standard InChI is InChI=1S/C12H15ClN2OS/c1-17-11-3-2-9(13)8-10(11)12(16)15-6-4-14-5-7-15/h2-3,8,14H,4-7H2,1H3. The lowest BCUT2D eigenvalue weighted by Gasteiger charge is -2.28. The van der Waals surface area contributed by atoms with Crippen molar-refractivity contribution in [2.75, 3.05) is 32.4 Å². The van der Waals surface area contributed by atoms with Crippen LogP contribution in [0.15, 0.2) is 23.1 Å². The molecule has 1 fully saturated rings. The van der Waals surface area contributed by atoms with Crippen LogP contribution in [0.2, 0.25) is 5.02 Å². The molecule has 0 bridgehead atoms. The molecule has 0 unspecified atom stereocenters. The summed E-state index contributed by atoms with van der Waals surface area (Å²) >= 11 is 7.54. The van der Waals surface area contributed by atoms with Gasteiger partial charge < -0.3 is 10.2 Å². The van der Waals surface area contributed by atoms with Gasteiger partial charge in [0, 0.05) is 36.1 Å². The maximum Gasteiger partial charge on any atom is 0.255 e. The number of halogens is 1. The number of hydrogen-bond donors (Lipinski definition) is 1. The molecular weight excluding hydrogens is 256 g/mol. The zero-order chi connectivity index (χ0) is 12.3. The Bertz CT molecular complexity index is 419. The van der Waals surface area contributed by atoms with Gasteiger partial charge in [0.15, 0.2) is 0 Å². The van der Waals surface area contributed by atoms with Crippen molar-refractivity contribution in [1.82, 2.24) is 10.2 Å². The molecule has 1 aromatic rings. The van der Waals surface area contributed by atoms with Gasteiger partial charge in [-0.25, -0.2) is 0 Å². The molecule has 0 atom stereocenters. The summed E-state index contributed by atoms with van der Waals surface area (Å²) in [5, 5.41) is 3.85. The molecule has 0 saturated carbocycles. The molecule has 1 aromatic carbocycles. The predicted octanol–water partition coefficient (Wildman–Crippen LogP) is 2.11. The second kappa shape index (κ2) is 5.76. The van der Waals surface area contributed by atoms with Crippen LogP contribution in [-0.4, -0.2) is 43.2 Å². The van der Waals surface area contributed by atoms with Crippen LogP contribution in [0.4, 0.5) is 0 Å². The molecule has 0 aliphatic carbocycles. The van der Waals surface area contributed by atoms with E-state index in [0.717, 1.165) is 31.1 Å². The molecule has 1 heterocycles. The molecule has 0 radical (unpaired) electrons. The molecule has 1 saturated heterocycles. The molecule has 0 aromatic heterocycles. The predicted molar refractivity (Wildman–Crippen MR) is 72.0 cm³/mol. The van der Waals surface area contributed by atoms with Crippen molar-refractivity contribution >= 4 is 29.3 Å².